The number of aryl methyl sites for hydroxylation is 1. The average Bonchev–Trinajstić information content (AvgIpc) is 3.62. The van der Waals surface area contributed by atoms with Crippen LogP contribution in [0.4, 0.5) is 30.7 Å². The molecule has 0 radical (unpaired) electrons. The molecule has 5 nitrogen and oxygen atoms in total. The van der Waals surface area contributed by atoms with Gasteiger partial charge in [0.05, 0.1) is 29.5 Å². The van der Waals surface area contributed by atoms with Crippen LogP contribution in [0.5, 0.6) is 5.75 Å². The number of alkyl halides is 6. The average molecular weight is 658 g/mol. The fraction of sp³-hybridized carbons (Fsp3) is 0.257. The number of aromatic carboxylic acids is 1. The summed E-state index contributed by atoms with van der Waals surface area (Å²) < 4.78 is 102. The van der Waals surface area contributed by atoms with E-state index in [0.29, 0.717) is 58.2 Å². The fourth-order valence-corrected chi connectivity index (χ4v) is 6.56. The second kappa shape index (κ2) is 11.7. The van der Waals surface area contributed by atoms with Gasteiger partial charge in [-0.2, -0.15) is 26.3 Å². The topological polar surface area (TPSA) is 68.1 Å². The van der Waals surface area contributed by atoms with E-state index in [4.69, 9.17) is 9.57 Å². The van der Waals surface area contributed by atoms with E-state index in [1.54, 1.807) is 31.2 Å². The molecule has 0 bridgehead atoms. The van der Waals surface area contributed by atoms with Gasteiger partial charge in [0.15, 0.2) is 6.10 Å². The predicted molar refractivity (Wildman–Crippen MR) is 159 cm³/mol. The number of carboxylic acid groups (broad SMARTS) is 1. The molecule has 0 aromatic heterocycles. The number of hydrogen-bond donors (Lipinski definition) is 1. The van der Waals surface area contributed by atoms with Crippen molar-refractivity contribution in [2.24, 2.45) is 11.1 Å². The molecule has 6 rings (SSSR count). The molecule has 0 spiro atoms. The molecular weight excluding hydrogens is 631 g/mol. The van der Waals surface area contributed by atoms with E-state index >= 15 is 0 Å². The van der Waals surface area contributed by atoms with E-state index in [1.807, 2.05) is 0 Å². The third-order valence-corrected chi connectivity index (χ3v) is 8.74. The first kappa shape index (κ1) is 32.1. The van der Waals surface area contributed by atoms with E-state index in [1.165, 1.54) is 25.3 Å². The second-order valence-corrected chi connectivity index (χ2v) is 11.6. The summed E-state index contributed by atoms with van der Waals surface area (Å²) in [5.74, 6) is -3.09. The van der Waals surface area contributed by atoms with Crippen LogP contribution in [-0.2, 0) is 17.2 Å². The number of carbonyl (C=O) groups is 1. The van der Waals surface area contributed by atoms with Gasteiger partial charge in [0.25, 0.3) is 0 Å². The number of fused-ring (bicyclic) bond motifs is 1. The number of oxime groups is 1. The summed E-state index contributed by atoms with van der Waals surface area (Å²) in [7, 11) is 1.43. The molecule has 2 aliphatic rings. The van der Waals surface area contributed by atoms with Gasteiger partial charge in [0.2, 0.25) is 0 Å². The molecule has 4 aromatic rings. The van der Waals surface area contributed by atoms with E-state index < -0.39 is 53.2 Å². The van der Waals surface area contributed by atoms with Crippen LogP contribution >= 0.6 is 0 Å². The summed E-state index contributed by atoms with van der Waals surface area (Å²) in [6.45, 7) is 1.75. The van der Waals surface area contributed by atoms with Crippen molar-refractivity contribution in [1.29, 1.82) is 0 Å². The van der Waals surface area contributed by atoms with Gasteiger partial charge >= 0.3 is 18.3 Å². The first-order chi connectivity index (χ1) is 22.2. The lowest BCUT2D eigenvalue weighted by Gasteiger charge is -2.21. The summed E-state index contributed by atoms with van der Waals surface area (Å²) >= 11 is 0. The Labute approximate surface area is 264 Å². The van der Waals surface area contributed by atoms with Gasteiger partial charge < -0.3 is 14.7 Å². The number of halogens is 7. The van der Waals surface area contributed by atoms with Crippen molar-refractivity contribution in [2.45, 2.75) is 44.1 Å². The largest absolute Gasteiger partial charge is 0.496 e. The van der Waals surface area contributed by atoms with Crippen LogP contribution in [0.3, 0.4) is 0 Å². The molecule has 1 aliphatic carbocycles. The van der Waals surface area contributed by atoms with E-state index in [-0.39, 0.29) is 16.7 Å². The molecule has 12 heteroatoms. The number of hydrogen-bond acceptors (Lipinski definition) is 4. The molecule has 1 aliphatic heterocycles. The minimum absolute atomic E-state index is 0.0651. The number of benzene rings is 4. The number of carboxylic acids is 1. The molecule has 3 atom stereocenters. The third kappa shape index (κ3) is 6.04. The van der Waals surface area contributed by atoms with Crippen molar-refractivity contribution in [3.8, 4) is 28.0 Å². The van der Waals surface area contributed by atoms with Gasteiger partial charge in [-0.25, -0.2) is 9.18 Å². The Hall–Kier alpha value is -4.87. The minimum Gasteiger partial charge on any atom is -0.496 e. The molecule has 1 fully saturated rings. The van der Waals surface area contributed by atoms with E-state index in [9.17, 15) is 40.6 Å². The van der Waals surface area contributed by atoms with Gasteiger partial charge in [-0.1, -0.05) is 23.4 Å². The molecule has 1 N–H and O–H groups in total. The zero-order valence-corrected chi connectivity index (χ0v) is 24.8. The fourth-order valence-electron chi connectivity index (χ4n) is 6.56. The lowest BCUT2D eigenvalue weighted by atomic mass is 9.84. The standard InChI is InChI=1S/C35H26F7NO4/c1-17-11-19(33(44)45)3-6-24(17)18-4-10-30(46-2)29(14-18)25-7-5-21(34(37,38)39)16-28(25)26-8-9-27-31(26)43-47-32(27)20-12-22(35(40,41)42)15-23(36)13-20/h3-7,10-16,26-27,32H,8-9H2,1-2H3,(H,44,45)/t26-,27+,32+/m0/s1. The predicted octanol–water partition coefficient (Wildman–Crippen LogP) is 9.83. The lowest BCUT2D eigenvalue weighted by molar-refractivity contribution is -0.138. The van der Waals surface area contributed by atoms with Gasteiger partial charge in [-0.3, -0.25) is 0 Å². The molecule has 1 saturated carbocycles. The Bertz CT molecular complexity index is 1920. The van der Waals surface area contributed by atoms with Crippen molar-refractivity contribution in [3.05, 3.63) is 112 Å². The lowest BCUT2D eigenvalue weighted by Crippen LogP contribution is -2.17. The van der Waals surface area contributed by atoms with Crippen molar-refractivity contribution >= 4 is 11.7 Å². The Morgan fingerprint density at radius 3 is 2.23 bits per heavy atom. The quantitative estimate of drug-likeness (QED) is 0.210. The molecule has 4 aromatic carbocycles. The summed E-state index contributed by atoms with van der Waals surface area (Å²) in [6, 6.07) is 15.3. The minimum atomic E-state index is -4.80. The first-order valence-electron chi connectivity index (χ1n) is 14.5. The van der Waals surface area contributed by atoms with Crippen LogP contribution < -0.4 is 4.74 Å². The maximum Gasteiger partial charge on any atom is 0.416 e. The van der Waals surface area contributed by atoms with Gasteiger partial charge in [0.1, 0.15) is 11.6 Å². The monoisotopic (exact) mass is 657 g/mol. The third-order valence-electron chi connectivity index (χ3n) is 8.74. The van der Waals surface area contributed by atoms with Gasteiger partial charge in [-0.05, 0) is 108 Å². The molecule has 0 saturated heterocycles. The smallest absolute Gasteiger partial charge is 0.416 e. The van der Waals surface area contributed by atoms with Crippen molar-refractivity contribution in [2.75, 3.05) is 7.11 Å². The van der Waals surface area contributed by atoms with Crippen LogP contribution in [0, 0.1) is 18.7 Å². The highest BCUT2D eigenvalue weighted by atomic mass is 19.4. The van der Waals surface area contributed by atoms with Crippen LogP contribution in [0.1, 0.15) is 63.0 Å². The number of methoxy groups -OCH3 is 1. The van der Waals surface area contributed by atoms with Crippen molar-refractivity contribution in [3.63, 3.8) is 0 Å². The molecule has 244 valence electrons. The first-order valence-corrected chi connectivity index (χ1v) is 14.5. The Kier molecular flexibility index (Phi) is 8.01. The second-order valence-electron chi connectivity index (χ2n) is 11.6. The Morgan fingerprint density at radius 2 is 1.57 bits per heavy atom. The number of ether oxygens (including phenoxy) is 1. The summed E-state index contributed by atoms with van der Waals surface area (Å²) in [4.78, 5) is 17.0. The summed E-state index contributed by atoms with van der Waals surface area (Å²) in [5, 5.41) is 13.5. The van der Waals surface area contributed by atoms with Crippen LogP contribution in [0.15, 0.2) is 78.0 Å². The highest BCUT2D eigenvalue weighted by Gasteiger charge is 2.46. The van der Waals surface area contributed by atoms with Crippen LogP contribution in [0.2, 0.25) is 0 Å². The maximum absolute atomic E-state index is 14.3. The summed E-state index contributed by atoms with van der Waals surface area (Å²) in [5.41, 5.74) is 1.52. The van der Waals surface area contributed by atoms with Crippen LogP contribution in [0.25, 0.3) is 22.3 Å². The van der Waals surface area contributed by atoms with Crippen LogP contribution in [-0.4, -0.2) is 23.9 Å². The van der Waals surface area contributed by atoms with E-state index in [0.717, 1.165) is 24.3 Å². The van der Waals surface area contributed by atoms with E-state index in [2.05, 4.69) is 5.16 Å². The van der Waals surface area contributed by atoms with Crippen molar-refractivity contribution < 1.29 is 50.2 Å². The Morgan fingerprint density at radius 1 is 0.851 bits per heavy atom. The number of rotatable bonds is 6. The van der Waals surface area contributed by atoms with Gasteiger partial charge in [0, 0.05) is 17.4 Å². The molecule has 1 heterocycles. The highest BCUT2D eigenvalue weighted by Crippen LogP contribution is 2.51. The molecule has 0 unspecified atom stereocenters. The maximum atomic E-state index is 14.3. The zero-order valence-electron chi connectivity index (χ0n) is 24.8. The Balaban J connectivity index is 1.44. The zero-order chi connectivity index (χ0) is 33.8. The number of nitrogens with zero attached hydrogens (tertiary/aromatic N) is 1. The van der Waals surface area contributed by atoms with Crippen molar-refractivity contribution in [1.82, 2.24) is 0 Å². The normalized spacial score (nSPS) is 19.3. The SMILES string of the molecule is COc1ccc(-c2ccc(C(=O)O)cc2C)cc1-c1ccc(C(F)(F)F)cc1[C@@H]1CC[C@@H]2C1=NO[C@@H]2c1cc(F)cc(C(F)(F)F)c1. The highest BCUT2D eigenvalue weighted by molar-refractivity contribution is 5.98. The molecule has 0 amide bonds. The molecular formula is C35H26F7NO4. The summed E-state index contributed by atoms with van der Waals surface area (Å²) in [6.07, 6.45) is -9.87. The van der Waals surface area contributed by atoms with Gasteiger partial charge in [-0.15, -0.1) is 0 Å². The molecule has 47 heavy (non-hydrogen) atoms.